The molecule has 2 rings (SSSR count). The van der Waals surface area contributed by atoms with E-state index in [1.807, 2.05) is 31.2 Å². The molecule has 0 fully saturated rings. The third-order valence-electron chi connectivity index (χ3n) is 4.81. The van der Waals surface area contributed by atoms with Gasteiger partial charge in [0.15, 0.2) is 0 Å². The van der Waals surface area contributed by atoms with Crippen LogP contribution < -0.4 is 10.1 Å². The van der Waals surface area contributed by atoms with Gasteiger partial charge in [0.25, 0.3) is 0 Å². The fourth-order valence-electron chi connectivity index (χ4n) is 3.32. The molecule has 2 aromatic carbocycles. The number of nitrogens with one attached hydrogen (secondary N) is 1. The summed E-state index contributed by atoms with van der Waals surface area (Å²) in [4.78, 5) is 27.1. The Hall–Kier alpha value is -2.47. The van der Waals surface area contributed by atoms with E-state index in [4.69, 9.17) is 4.74 Å². The first-order valence-corrected chi connectivity index (χ1v) is 11.3. The lowest BCUT2D eigenvalue weighted by Crippen LogP contribution is -2.48. The number of benzene rings is 2. The van der Waals surface area contributed by atoms with Gasteiger partial charge in [0.1, 0.15) is 11.8 Å². The SMILES string of the molecule is CCNC(=O)[C@@H](C)N(Cc1ccc(OC)cc1)C(=O)CSCc1cc(C)cc(C)c1. The number of carbonyl (C=O) groups is 2. The van der Waals surface area contributed by atoms with Crippen LogP contribution in [0.4, 0.5) is 0 Å². The molecule has 0 aliphatic rings. The van der Waals surface area contributed by atoms with Crippen molar-refractivity contribution in [1.29, 1.82) is 0 Å². The van der Waals surface area contributed by atoms with E-state index in [1.54, 1.807) is 30.7 Å². The zero-order valence-corrected chi connectivity index (χ0v) is 19.3. The largest absolute Gasteiger partial charge is 0.497 e. The maximum Gasteiger partial charge on any atom is 0.242 e. The average molecular weight is 429 g/mol. The summed E-state index contributed by atoms with van der Waals surface area (Å²) in [7, 11) is 1.62. The molecule has 5 nitrogen and oxygen atoms in total. The van der Waals surface area contributed by atoms with Crippen LogP contribution in [0.2, 0.25) is 0 Å². The molecule has 162 valence electrons. The number of thioether (sulfide) groups is 1. The maximum atomic E-state index is 13.0. The molecule has 0 spiro atoms. The first kappa shape index (κ1) is 23.8. The Kier molecular flexibility index (Phi) is 9.24. The van der Waals surface area contributed by atoms with Gasteiger partial charge in [-0.3, -0.25) is 9.59 Å². The number of aryl methyl sites for hydroxylation is 2. The van der Waals surface area contributed by atoms with Gasteiger partial charge in [0, 0.05) is 18.8 Å². The van der Waals surface area contributed by atoms with Gasteiger partial charge in [-0.1, -0.05) is 41.5 Å². The van der Waals surface area contributed by atoms with Crippen LogP contribution in [0.1, 0.15) is 36.1 Å². The third-order valence-corrected chi connectivity index (χ3v) is 5.79. The molecule has 0 radical (unpaired) electrons. The summed E-state index contributed by atoms with van der Waals surface area (Å²) in [5, 5.41) is 2.82. The van der Waals surface area contributed by atoms with Gasteiger partial charge in [-0.05, 0) is 51.0 Å². The number of ether oxygens (including phenoxy) is 1. The van der Waals surface area contributed by atoms with E-state index in [-0.39, 0.29) is 11.8 Å². The molecule has 0 aliphatic heterocycles. The predicted octanol–water partition coefficient (Wildman–Crippen LogP) is 4.10. The lowest BCUT2D eigenvalue weighted by Gasteiger charge is -2.28. The highest BCUT2D eigenvalue weighted by Crippen LogP contribution is 2.19. The fourth-order valence-corrected chi connectivity index (χ4v) is 4.17. The number of methoxy groups -OCH3 is 1. The lowest BCUT2D eigenvalue weighted by molar-refractivity contribution is -0.138. The minimum Gasteiger partial charge on any atom is -0.497 e. The van der Waals surface area contributed by atoms with Crippen LogP contribution in [0, 0.1) is 13.8 Å². The van der Waals surface area contributed by atoms with E-state index in [9.17, 15) is 9.59 Å². The molecule has 0 aliphatic carbocycles. The molecule has 0 bridgehead atoms. The van der Waals surface area contributed by atoms with Gasteiger partial charge in [-0.25, -0.2) is 0 Å². The van der Waals surface area contributed by atoms with Crippen molar-refractivity contribution in [2.24, 2.45) is 0 Å². The number of hydrogen-bond donors (Lipinski definition) is 1. The number of carbonyl (C=O) groups excluding carboxylic acids is 2. The second-order valence-corrected chi connectivity index (χ2v) is 8.41. The molecule has 2 aromatic rings. The smallest absolute Gasteiger partial charge is 0.242 e. The highest BCUT2D eigenvalue weighted by Gasteiger charge is 2.25. The Morgan fingerprint density at radius 1 is 1.07 bits per heavy atom. The molecule has 0 saturated heterocycles. The molecule has 2 amide bonds. The minimum absolute atomic E-state index is 0.0426. The summed E-state index contributed by atoms with van der Waals surface area (Å²) in [6.07, 6.45) is 0. The second kappa shape index (κ2) is 11.6. The van der Waals surface area contributed by atoms with Crippen LogP contribution in [0.15, 0.2) is 42.5 Å². The first-order valence-electron chi connectivity index (χ1n) is 10.2. The van der Waals surface area contributed by atoms with Crippen molar-refractivity contribution >= 4 is 23.6 Å². The summed E-state index contributed by atoms with van der Waals surface area (Å²) in [5.74, 6) is 1.67. The summed E-state index contributed by atoms with van der Waals surface area (Å²) < 4.78 is 5.20. The Labute approximate surface area is 184 Å². The van der Waals surface area contributed by atoms with Crippen molar-refractivity contribution in [2.75, 3.05) is 19.4 Å². The zero-order chi connectivity index (χ0) is 22.1. The highest BCUT2D eigenvalue weighted by molar-refractivity contribution is 7.99. The Morgan fingerprint density at radius 3 is 2.27 bits per heavy atom. The van der Waals surface area contributed by atoms with Crippen molar-refractivity contribution in [3.8, 4) is 5.75 Å². The van der Waals surface area contributed by atoms with E-state index in [1.165, 1.54) is 16.7 Å². The van der Waals surface area contributed by atoms with Crippen molar-refractivity contribution in [3.63, 3.8) is 0 Å². The lowest BCUT2D eigenvalue weighted by atomic mass is 10.1. The van der Waals surface area contributed by atoms with Gasteiger partial charge < -0.3 is 15.0 Å². The molecule has 0 heterocycles. The third kappa shape index (κ3) is 7.10. The molecular weight excluding hydrogens is 396 g/mol. The Bertz CT molecular complexity index is 832. The standard InChI is InChI=1S/C24H32N2O3S/c1-6-25-24(28)19(4)26(14-20-7-9-22(29-5)10-8-20)23(27)16-30-15-21-12-17(2)11-18(3)13-21/h7-13,19H,6,14-16H2,1-5H3,(H,25,28)/t19-/m1/s1. The zero-order valence-electron chi connectivity index (χ0n) is 18.5. The topological polar surface area (TPSA) is 58.6 Å². The second-order valence-electron chi connectivity index (χ2n) is 7.43. The van der Waals surface area contributed by atoms with Gasteiger partial charge in [0.05, 0.1) is 12.9 Å². The average Bonchev–Trinajstić information content (AvgIpc) is 2.71. The number of likely N-dealkylation sites (N-methyl/N-ethyl adjacent to an activating group) is 1. The van der Waals surface area contributed by atoms with E-state index >= 15 is 0 Å². The number of hydrogen-bond acceptors (Lipinski definition) is 4. The summed E-state index contributed by atoms with van der Waals surface area (Å²) in [6, 6.07) is 13.5. The molecule has 0 unspecified atom stereocenters. The van der Waals surface area contributed by atoms with Gasteiger partial charge in [0.2, 0.25) is 11.8 Å². The molecule has 1 N–H and O–H groups in total. The van der Waals surface area contributed by atoms with Crippen molar-refractivity contribution in [3.05, 3.63) is 64.7 Å². The van der Waals surface area contributed by atoms with Crippen molar-refractivity contribution in [2.45, 2.75) is 46.0 Å². The monoisotopic (exact) mass is 428 g/mol. The van der Waals surface area contributed by atoms with Gasteiger partial charge >= 0.3 is 0 Å². The predicted molar refractivity (Wildman–Crippen MR) is 124 cm³/mol. The minimum atomic E-state index is -0.540. The highest BCUT2D eigenvalue weighted by atomic mass is 32.2. The summed E-state index contributed by atoms with van der Waals surface area (Å²) in [5.41, 5.74) is 4.62. The molecule has 6 heteroatoms. The van der Waals surface area contributed by atoms with E-state index in [0.29, 0.717) is 18.8 Å². The van der Waals surface area contributed by atoms with E-state index in [0.717, 1.165) is 17.1 Å². The normalized spacial score (nSPS) is 11.6. The molecule has 30 heavy (non-hydrogen) atoms. The van der Waals surface area contributed by atoms with Crippen molar-refractivity contribution in [1.82, 2.24) is 10.2 Å². The summed E-state index contributed by atoms with van der Waals surface area (Å²) >= 11 is 1.58. The van der Waals surface area contributed by atoms with Crippen molar-refractivity contribution < 1.29 is 14.3 Å². The number of amides is 2. The van der Waals surface area contributed by atoms with E-state index in [2.05, 4.69) is 37.4 Å². The van der Waals surface area contributed by atoms with Gasteiger partial charge in [-0.15, -0.1) is 11.8 Å². The van der Waals surface area contributed by atoms with Gasteiger partial charge in [-0.2, -0.15) is 0 Å². The summed E-state index contributed by atoms with van der Waals surface area (Å²) in [6.45, 7) is 8.73. The quantitative estimate of drug-likeness (QED) is 0.619. The van der Waals surface area contributed by atoms with Crippen LogP contribution in [0.3, 0.4) is 0 Å². The Balaban J connectivity index is 2.07. The number of rotatable bonds is 10. The van der Waals surface area contributed by atoms with Crippen LogP contribution in [0.25, 0.3) is 0 Å². The first-order chi connectivity index (χ1) is 14.3. The van der Waals surface area contributed by atoms with Crippen LogP contribution >= 0.6 is 11.8 Å². The Morgan fingerprint density at radius 2 is 1.70 bits per heavy atom. The molecule has 0 saturated carbocycles. The van der Waals surface area contributed by atoms with Crippen LogP contribution in [0.5, 0.6) is 5.75 Å². The maximum absolute atomic E-state index is 13.0. The van der Waals surface area contributed by atoms with E-state index < -0.39 is 6.04 Å². The van der Waals surface area contributed by atoms with Crippen LogP contribution in [-0.2, 0) is 21.9 Å². The fraction of sp³-hybridized carbons (Fsp3) is 0.417. The number of nitrogens with zero attached hydrogens (tertiary/aromatic N) is 1. The molecule has 0 aromatic heterocycles. The van der Waals surface area contributed by atoms with Crippen LogP contribution in [-0.4, -0.2) is 42.2 Å². The molecule has 1 atom stereocenters. The molecular formula is C24H32N2O3S.